The molecule has 0 amide bonds. The van der Waals surface area contributed by atoms with Crippen molar-refractivity contribution in [3.63, 3.8) is 0 Å². The van der Waals surface area contributed by atoms with Crippen LogP contribution in [0, 0.1) is 6.92 Å². The zero-order chi connectivity index (χ0) is 14.7. The Morgan fingerprint density at radius 2 is 2.10 bits per heavy atom. The quantitative estimate of drug-likeness (QED) is 0.899. The maximum absolute atomic E-state index is 6.39. The molecule has 114 valence electrons. The van der Waals surface area contributed by atoms with E-state index in [-0.39, 0.29) is 12.1 Å². The molecule has 0 aliphatic carbocycles. The molecule has 3 atom stereocenters. The summed E-state index contributed by atoms with van der Waals surface area (Å²) in [5, 5.41) is 0. The van der Waals surface area contributed by atoms with Gasteiger partial charge < -0.3 is 10.2 Å². The van der Waals surface area contributed by atoms with Crippen LogP contribution in [0.3, 0.4) is 0 Å². The molecule has 3 unspecified atom stereocenters. The van der Waals surface area contributed by atoms with Crippen LogP contribution in [0.4, 0.5) is 0 Å². The van der Waals surface area contributed by atoms with Gasteiger partial charge >= 0.3 is 0 Å². The molecule has 4 nitrogen and oxygen atoms in total. The standard InChI is InChI=1S/C16H29N3O/c1-5-14(17)16(15-8-7-13(4)20-15)19-10-9-18(6-2)12(3)11-19/h7-8,12,14,16H,5-6,9-11,17H2,1-4H3. The maximum Gasteiger partial charge on any atom is 0.122 e. The molecule has 0 spiro atoms. The molecular formula is C16H29N3O. The minimum atomic E-state index is 0.126. The van der Waals surface area contributed by atoms with Gasteiger partial charge in [0.2, 0.25) is 0 Å². The lowest BCUT2D eigenvalue weighted by atomic mass is 10.00. The molecule has 20 heavy (non-hydrogen) atoms. The lowest BCUT2D eigenvalue weighted by Gasteiger charge is -2.43. The van der Waals surface area contributed by atoms with Gasteiger partial charge in [-0.2, -0.15) is 0 Å². The predicted octanol–water partition coefficient (Wildman–Crippen LogP) is 2.39. The first kappa shape index (κ1) is 15.5. The van der Waals surface area contributed by atoms with Crippen LogP contribution in [0.25, 0.3) is 0 Å². The third-order valence-corrected chi connectivity index (χ3v) is 4.53. The molecule has 0 aromatic carbocycles. The van der Waals surface area contributed by atoms with Crippen molar-refractivity contribution in [1.82, 2.24) is 9.80 Å². The molecule has 2 rings (SSSR count). The van der Waals surface area contributed by atoms with Crippen LogP contribution in [0.5, 0.6) is 0 Å². The Morgan fingerprint density at radius 1 is 1.35 bits per heavy atom. The van der Waals surface area contributed by atoms with E-state index in [1.54, 1.807) is 0 Å². The topological polar surface area (TPSA) is 45.6 Å². The Bertz CT molecular complexity index is 418. The third kappa shape index (κ3) is 3.25. The van der Waals surface area contributed by atoms with Crippen molar-refractivity contribution in [2.75, 3.05) is 26.2 Å². The van der Waals surface area contributed by atoms with Crippen LogP contribution in [0.15, 0.2) is 16.5 Å². The fourth-order valence-corrected chi connectivity index (χ4v) is 3.24. The number of piperazine rings is 1. The normalized spacial score (nSPS) is 24.8. The van der Waals surface area contributed by atoms with E-state index in [0.29, 0.717) is 6.04 Å². The molecule has 2 heterocycles. The average Bonchev–Trinajstić information content (AvgIpc) is 2.85. The van der Waals surface area contributed by atoms with E-state index in [1.807, 2.05) is 13.0 Å². The number of nitrogens with two attached hydrogens (primary N) is 1. The van der Waals surface area contributed by atoms with Gasteiger partial charge in [-0.05, 0) is 38.9 Å². The fourth-order valence-electron chi connectivity index (χ4n) is 3.24. The number of hydrogen-bond donors (Lipinski definition) is 1. The largest absolute Gasteiger partial charge is 0.465 e. The van der Waals surface area contributed by atoms with Gasteiger partial charge in [-0.3, -0.25) is 9.80 Å². The van der Waals surface area contributed by atoms with Crippen LogP contribution >= 0.6 is 0 Å². The molecule has 1 fully saturated rings. The van der Waals surface area contributed by atoms with E-state index in [0.717, 1.165) is 44.1 Å². The van der Waals surface area contributed by atoms with Crippen molar-refractivity contribution in [3.05, 3.63) is 23.7 Å². The maximum atomic E-state index is 6.39. The molecule has 1 aromatic heterocycles. The summed E-state index contributed by atoms with van der Waals surface area (Å²) in [4.78, 5) is 5.03. The van der Waals surface area contributed by atoms with Gasteiger partial charge in [0.05, 0.1) is 6.04 Å². The summed E-state index contributed by atoms with van der Waals surface area (Å²) in [5.74, 6) is 1.99. The molecular weight excluding hydrogens is 250 g/mol. The van der Waals surface area contributed by atoms with Gasteiger partial charge in [-0.15, -0.1) is 0 Å². The number of nitrogens with zero attached hydrogens (tertiary/aromatic N) is 2. The molecule has 1 aliphatic heterocycles. The van der Waals surface area contributed by atoms with Crippen molar-refractivity contribution < 1.29 is 4.42 Å². The van der Waals surface area contributed by atoms with Gasteiger partial charge in [0.25, 0.3) is 0 Å². The first-order valence-electron chi connectivity index (χ1n) is 7.86. The van der Waals surface area contributed by atoms with Crippen LogP contribution in [0.2, 0.25) is 0 Å². The van der Waals surface area contributed by atoms with E-state index in [9.17, 15) is 0 Å². The minimum absolute atomic E-state index is 0.126. The highest BCUT2D eigenvalue weighted by molar-refractivity contribution is 5.12. The van der Waals surface area contributed by atoms with Crippen molar-refractivity contribution >= 4 is 0 Å². The van der Waals surface area contributed by atoms with Crippen molar-refractivity contribution in [2.24, 2.45) is 5.73 Å². The van der Waals surface area contributed by atoms with E-state index in [2.05, 4.69) is 36.6 Å². The van der Waals surface area contributed by atoms with E-state index < -0.39 is 0 Å². The summed E-state index contributed by atoms with van der Waals surface area (Å²) in [6, 6.07) is 5.04. The second kappa shape index (κ2) is 6.74. The molecule has 0 bridgehead atoms. The number of hydrogen-bond acceptors (Lipinski definition) is 4. The molecule has 1 aromatic rings. The van der Waals surface area contributed by atoms with Crippen LogP contribution in [-0.4, -0.2) is 48.1 Å². The van der Waals surface area contributed by atoms with E-state index >= 15 is 0 Å². The van der Waals surface area contributed by atoms with Crippen LogP contribution < -0.4 is 5.73 Å². The fraction of sp³-hybridized carbons (Fsp3) is 0.750. The zero-order valence-electron chi connectivity index (χ0n) is 13.3. The molecule has 4 heteroatoms. The Balaban J connectivity index is 2.16. The first-order valence-corrected chi connectivity index (χ1v) is 7.86. The highest BCUT2D eigenvalue weighted by atomic mass is 16.3. The Labute approximate surface area is 122 Å². The first-order chi connectivity index (χ1) is 9.56. The molecule has 2 N–H and O–H groups in total. The predicted molar refractivity (Wildman–Crippen MR) is 82.7 cm³/mol. The second-order valence-electron chi connectivity index (χ2n) is 5.94. The third-order valence-electron chi connectivity index (χ3n) is 4.53. The van der Waals surface area contributed by atoms with E-state index in [1.165, 1.54) is 0 Å². The summed E-state index contributed by atoms with van der Waals surface area (Å²) in [7, 11) is 0. The second-order valence-corrected chi connectivity index (χ2v) is 5.94. The highest BCUT2D eigenvalue weighted by Gasteiger charge is 2.33. The summed E-state index contributed by atoms with van der Waals surface area (Å²) >= 11 is 0. The van der Waals surface area contributed by atoms with Crippen LogP contribution in [-0.2, 0) is 0 Å². The molecule has 1 aliphatic rings. The SMILES string of the molecule is CCC(N)C(c1ccc(C)o1)N1CCN(CC)C(C)C1. The van der Waals surface area contributed by atoms with Gasteiger partial charge in [0.15, 0.2) is 0 Å². The van der Waals surface area contributed by atoms with Gasteiger partial charge in [0, 0.05) is 31.7 Å². The summed E-state index contributed by atoms with van der Waals surface area (Å²) < 4.78 is 5.87. The summed E-state index contributed by atoms with van der Waals surface area (Å²) in [6.45, 7) is 13.1. The Morgan fingerprint density at radius 3 is 2.60 bits per heavy atom. The summed E-state index contributed by atoms with van der Waals surface area (Å²) in [5.41, 5.74) is 6.39. The minimum Gasteiger partial charge on any atom is -0.465 e. The Kier molecular flexibility index (Phi) is 5.24. The molecule has 0 saturated carbocycles. The van der Waals surface area contributed by atoms with E-state index in [4.69, 9.17) is 10.2 Å². The van der Waals surface area contributed by atoms with Gasteiger partial charge in [0.1, 0.15) is 11.5 Å². The number of aryl methyl sites for hydroxylation is 1. The number of rotatable bonds is 5. The average molecular weight is 279 g/mol. The molecule has 0 radical (unpaired) electrons. The van der Waals surface area contributed by atoms with Crippen molar-refractivity contribution in [1.29, 1.82) is 0 Å². The lowest BCUT2D eigenvalue weighted by Crippen LogP contribution is -2.55. The number of furan rings is 1. The van der Waals surface area contributed by atoms with Gasteiger partial charge in [-0.1, -0.05) is 13.8 Å². The monoisotopic (exact) mass is 279 g/mol. The Hall–Kier alpha value is -0.840. The van der Waals surface area contributed by atoms with Gasteiger partial charge in [-0.25, -0.2) is 0 Å². The highest BCUT2D eigenvalue weighted by Crippen LogP contribution is 2.28. The molecule has 1 saturated heterocycles. The lowest BCUT2D eigenvalue weighted by molar-refractivity contribution is 0.0416. The number of likely N-dealkylation sites (N-methyl/N-ethyl adjacent to an activating group) is 1. The smallest absolute Gasteiger partial charge is 0.122 e. The zero-order valence-corrected chi connectivity index (χ0v) is 13.3. The summed E-state index contributed by atoms with van der Waals surface area (Å²) in [6.07, 6.45) is 0.965. The van der Waals surface area contributed by atoms with Crippen molar-refractivity contribution in [3.8, 4) is 0 Å². The van der Waals surface area contributed by atoms with Crippen LogP contribution in [0.1, 0.15) is 44.8 Å². The van der Waals surface area contributed by atoms with Crippen molar-refractivity contribution in [2.45, 2.75) is 52.2 Å².